The lowest BCUT2D eigenvalue weighted by Crippen LogP contribution is -2.20. The largest absolute Gasteiger partial charge is 0.492 e. The summed E-state index contributed by atoms with van der Waals surface area (Å²) in [5.41, 5.74) is 0. The third-order valence-corrected chi connectivity index (χ3v) is 4.20. The number of nitrogens with one attached hydrogen (secondary N) is 1. The first-order valence-electron chi connectivity index (χ1n) is 5.56. The second-order valence-corrected chi connectivity index (χ2v) is 6.06. The fraction of sp³-hybridized carbons (Fsp3) is 0.231. The van der Waals surface area contributed by atoms with Crippen molar-refractivity contribution in [2.45, 2.75) is 6.54 Å². The van der Waals surface area contributed by atoms with Gasteiger partial charge in [-0.25, -0.2) is 0 Å². The van der Waals surface area contributed by atoms with Gasteiger partial charge in [-0.05, 0) is 40.2 Å². The van der Waals surface area contributed by atoms with Crippen LogP contribution in [0.3, 0.4) is 0 Å². The van der Waals surface area contributed by atoms with Crippen LogP contribution in [0, 0.1) is 0 Å². The Bertz CT molecular complexity index is 503. The predicted molar refractivity (Wildman–Crippen MR) is 80.7 cm³/mol. The second-order valence-electron chi connectivity index (χ2n) is 3.71. The van der Waals surface area contributed by atoms with Gasteiger partial charge in [0, 0.05) is 32.8 Å². The van der Waals surface area contributed by atoms with E-state index in [2.05, 4.69) is 32.7 Å². The summed E-state index contributed by atoms with van der Waals surface area (Å²) in [5, 5.41) is 6.11. The van der Waals surface area contributed by atoms with Gasteiger partial charge >= 0.3 is 0 Å². The molecule has 0 saturated heterocycles. The average molecular weight is 347 g/mol. The van der Waals surface area contributed by atoms with Gasteiger partial charge in [0.25, 0.3) is 0 Å². The molecular weight excluding hydrogens is 334 g/mol. The molecule has 0 bridgehead atoms. The highest BCUT2D eigenvalue weighted by Crippen LogP contribution is 2.19. The van der Waals surface area contributed by atoms with Gasteiger partial charge in [-0.2, -0.15) is 0 Å². The van der Waals surface area contributed by atoms with Crippen LogP contribution in [0.2, 0.25) is 5.02 Å². The zero-order valence-electron chi connectivity index (χ0n) is 9.66. The van der Waals surface area contributed by atoms with E-state index < -0.39 is 0 Å². The van der Waals surface area contributed by atoms with Crippen molar-refractivity contribution in [1.29, 1.82) is 0 Å². The van der Waals surface area contributed by atoms with Crippen LogP contribution >= 0.6 is 38.9 Å². The first-order valence-corrected chi connectivity index (χ1v) is 7.61. The maximum absolute atomic E-state index is 5.87. The van der Waals surface area contributed by atoms with Crippen molar-refractivity contribution in [3.05, 3.63) is 50.1 Å². The quantitative estimate of drug-likeness (QED) is 0.786. The summed E-state index contributed by atoms with van der Waals surface area (Å²) in [6.45, 7) is 2.31. The number of rotatable bonds is 6. The minimum absolute atomic E-state index is 0.632. The van der Waals surface area contributed by atoms with Gasteiger partial charge in [-0.1, -0.05) is 17.7 Å². The van der Waals surface area contributed by atoms with Gasteiger partial charge in [0.1, 0.15) is 12.4 Å². The molecule has 1 heterocycles. The lowest BCUT2D eigenvalue weighted by Gasteiger charge is -2.07. The van der Waals surface area contributed by atoms with Crippen LogP contribution in [0.25, 0.3) is 0 Å². The summed E-state index contributed by atoms with van der Waals surface area (Å²) in [6, 6.07) is 9.56. The van der Waals surface area contributed by atoms with E-state index in [9.17, 15) is 0 Å². The second kappa shape index (κ2) is 7.14. The molecule has 0 saturated carbocycles. The van der Waals surface area contributed by atoms with Crippen LogP contribution in [0.1, 0.15) is 4.88 Å². The molecule has 0 atom stereocenters. The molecule has 0 unspecified atom stereocenters. The lowest BCUT2D eigenvalue weighted by molar-refractivity contribution is 0.314. The molecule has 0 radical (unpaired) electrons. The Balaban J connectivity index is 1.64. The molecule has 2 nitrogen and oxygen atoms in total. The monoisotopic (exact) mass is 345 g/mol. The van der Waals surface area contributed by atoms with E-state index in [0.29, 0.717) is 11.6 Å². The van der Waals surface area contributed by atoms with E-state index in [1.54, 1.807) is 11.3 Å². The molecular formula is C13H13BrClNOS. The van der Waals surface area contributed by atoms with Gasteiger partial charge in [0.2, 0.25) is 0 Å². The highest BCUT2D eigenvalue weighted by molar-refractivity contribution is 9.10. The Morgan fingerprint density at radius 3 is 2.94 bits per heavy atom. The molecule has 2 rings (SSSR count). The van der Waals surface area contributed by atoms with E-state index in [0.717, 1.165) is 23.3 Å². The molecule has 1 N–H and O–H groups in total. The Morgan fingerprint density at radius 1 is 1.33 bits per heavy atom. The molecule has 5 heteroatoms. The molecule has 0 aliphatic rings. The molecule has 0 amide bonds. The van der Waals surface area contributed by atoms with Gasteiger partial charge in [-0.15, -0.1) is 11.3 Å². The van der Waals surface area contributed by atoms with Crippen LogP contribution in [-0.2, 0) is 6.54 Å². The molecule has 0 fully saturated rings. The summed E-state index contributed by atoms with van der Waals surface area (Å²) >= 11 is 11.0. The zero-order valence-corrected chi connectivity index (χ0v) is 12.8. The van der Waals surface area contributed by atoms with Crippen molar-refractivity contribution >= 4 is 38.9 Å². The van der Waals surface area contributed by atoms with Crippen LogP contribution in [0.15, 0.2) is 40.2 Å². The van der Waals surface area contributed by atoms with E-state index in [1.165, 1.54) is 4.88 Å². The Morgan fingerprint density at radius 2 is 2.22 bits per heavy atom. The van der Waals surface area contributed by atoms with Gasteiger partial charge in [-0.3, -0.25) is 0 Å². The standard InChI is InChI=1S/C13H13BrClNOS/c14-10-6-13(18-9-10)8-16-4-5-17-12-3-1-2-11(15)7-12/h1-3,6-7,9,16H,4-5,8H2. The summed E-state index contributed by atoms with van der Waals surface area (Å²) in [4.78, 5) is 1.31. The number of hydrogen-bond donors (Lipinski definition) is 1. The maximum atomic E-state index is 5.87. The van der Waals surface area contributed by atoms with Gasteiger partial charge in [0.15, 0.2) is 0 Å². The number of halogens is 2. The third-order valence-electron chi connectivity index (χ3n) is 2.26. The first kappa shape index (κ1) is 13.9. The predicted octanol–water partition coefficient (Wildman–Crippen LogP) is 4.33. The molecule has 96 valence electrons. The average Bonchev–Trinajstić information content (AvgIpc) is 2.75. The van der Waals surface area contributed by atoms with Crippen molar-refractivity contribution < 1.29 is 4.74 Å². The minimum Gasteiger partial charge on any atom is -0.492 e. The molecule has 0 aliphatic heterocycles. The number of benzene rings is 1. The van der Waals surface area contributed by atoms with Gasteiger partial charge in [0.05, 0.1) is 0 Å². The molecule has 2 aromatic rings. The minimum atomic E-state index is 0.632. The zero-order chi connectivity index (χ0) is 12.8. The lowest BCUT2D eigenvalue weighted by atomic mass is 10.3. The summed E-state index contributed by atoms with van der Waals surface area (Å²) in [6.07, 6.45) is 0. The molecule has 0 aliphatic carbocycles. The SMILES string of the molecule is Clc1cccc(OCCNCc2cc(Br)cs2)c1. The topological polar surface area (TPSA) is 21.3 Å². The van der Waals surface area contributed by atoms with Crippen LogP contribution in [0.5, 0.6) is 5.75 Å². The van der Waals surface area contributed by atoms with Crippen molar-refractivity contribution in [3.8, 4) is 5.75 Å². The maximum Gasteiger partial charge on any atom is 0.120 e. The first-order chi connectivity index (χ1) is 8.74. The summed E-state index contributed by atoms with van der Waals surface area (Å²) < 4.78 is 6.72. The molecule has 1 aromatic heterocycles. The summed E-state index contributed by atoms with van der Waals surface area (Å²) in [7, 11) is 0. The van der Waals surface area contributed by atoms with Crippen LogP contribution in [-0.4, -0.2) is 13.2 Å². The fourth-order valence-corrected chi connectivity index (χ4v) is 3.06. The molecule has 0 spiro atoms. The molecule has 18 heavy (non-hydrogen) atoms. The van der Waals surface area contributed by atoms with E-state index in [1.807, 2.05) is 24.3 Å². The number of ether oxygens (including phenoxy) is 1. The number of hydrogen-bond acceptors (Lipinski definition) is 3. The Labute approximate surface area is 124 Å². The molecule has 1 aromatic carbocycles. The normalized spacial score (nSPS) is 10.6. The smallest absolute Gasteiger partial charge is 0.120 e. The van der Waals surface area contributed by atoms with Crippen LogP contribution in [0.4, 0.5) is 0 Å². The van der Waals surface area contributed by atoms with E-state index in [-0.39, 0.29) is 0 Å². The fourth-order valence-electron chi connectivity index (χ4n) is 1.46. The van der Waals surface area contributed by atoms with Crippen molar-refractivity contribution in [2.24, 2.45) is 0 Å². The van der Waals surface area contributed by atoms with Gasteiger partial charge < -0.3 is 10.1 Å². The van der Waals surface area contributed by atoms with E-state index >= 15 is 0 Å². The third kappa shape index (κ3) is 4.61. The number of thiophene rings is 1. The van der Waals surface area contributed by atoms with Crippen molar-refractivity contribution in [3.63, 3.8) is 0 Å². The Kier molecular flexibility index (Phi) is 5.50. The summed E-state index contributed by atoms with van der Waals surface area (Å²) in [5.74, 6) is 0.808. The highest BCUT2D eigenvalue weighted by atomic mass is 79.9. The van der Waals surface area contributed by atoms with Crippen molar-refractivity contribution in [2.75, 3.05) is 13.2 Å². The van der Waals surface area contributed by atoms with E-state index in [4.69, 9.17) is 16.3 Å². The highest BCUT2D eigenvalue weighted by Gasteiger charge is 1.97. The van der Waals surface area contributed by atoms with Crippen molar-refractivity contribution in [1.82, 2.24) is 5.32 Å². The Hall–Kier alpha value is -0.550. The van der Waals surface area contributed by atoms with Crippen LogP contribution < -0.4 is 10.1 Å².